The number of rotatable bonds is 7. The fourth-order valence-electron chi connectivity index (χ4n) is 3.14. The van der Waals surface area contributed by atoms with E-state index in [-0.39, 0.29) is 17.7 Å². The molecule has 3 rings (SSSR count). The summed E-state index contributed by atoms with van der Waals surface area (Å²) in [7, 11) is 0. The normalized spacial score (nSPS) is 11.4. The number of nitrogens with one attached hydrogen (secondary N) is 2. The smallest absolute Gasteiger partial charge is 0.325 e. The largest absolute Gasteiger partial charge is 0.333 e. The molecular weight excluding hydrogens is 412 g/mol. The van der Waals surface area contributed by atoms with Crippen LogP contribution in [-0.2, 0) is 29.2 Å². The molecule has 0 saturated carbocycles. The van der Waals surface area contributed by atoms with Crippen LogP contribution >= 0.6 is 0 Å². The molecule has 0 spiro atoms. The van der Waals surface area contributed by atoms with Crippen LogP contribution in [0.25, 0.3) is 11.2 Å². The lowest BCUT2D eigenvalue weighted by Gasteiger charge is -2.12. The van der Waals surface area contributed by atoms with Gasteiger partial charge in [0.2, 0.25) is 0 Å². The van der Waals surface area contributed by atoms with Crippen LogP contribution in [0.5, 0.6) is 0 Å². The number of carbonyl (C=O) groups is 2. The van der Waals surface area contributed by atoms with Crippen molar-refractivity contribution < 1.29 is 9.59 Å². The highest BCUT2D eigenvalue weighted by molar-refractivity contribution is 5.89. The molecule has 2 amide bonds. The molecule has 3 aromatic rings. The minimum atomic E-state index is -0.717. The zero-order valence-electron chi connectivity index (χ0n) is 17.8. The van der Waals surface area contributed by atoms with Crippen LogP contribution in [0.1, 0.15) is 19.4 Å². The molecule has 32 heavy (non-hydrogen) atoms. The summed E-state index contributed by atoms with van der Waals surface area (Å²) >= 11 is 0. The number of aromatic nitrogens is 4. The van der Waals surface area contributed by atoms with Gasteiger partial charge in [0.25, 0.3) is 17.4 Å². The van der Waals surface area contributed by atoms with Gasteiger partial charge in [0.1, 0.15) is 6.54 Å². The maximum absolute atomic E-state index is 13.1. The Bertz CT molecular complexity index is 1300. The van der Waals surface area contributed by atoms with E-state index in [9.17, 15) is 19.2 Å². The Labute approximate surface area is 183 Å². The van der Waals surface area contributed by atoms with Crippen molar-refractivity contribution in [3.8, 4) is 0 Å². The Kier molecular flexibility index (Phi) is 7.17. The van der Waals surface area contributed by atoms with Crippen molar-refractivity contribution >= 4 is 23.0 Å². The van der Waals surface area contributed by atoms with Crippen molar-refractivity contribution in [2.24, 2.45) is 0 Å². The van der Waals surface area contributed by atoms with Crippen molar-refractivity contribution in [2.75, 3.05) is 0 Å². The summed E-state index contributed by atoms with van der Waals surface area (Å²) in [5, 5.41) is 0. The standard InChI is InChI=1S/C22H24N6O4/c1-3-5-7-12-17(29)24-25-18(30)14-28-21(31)19-20(23-15-26(19)4-2)27(22(28)32)13-16-10-8-6-9-11-16/h3,5-12,15H,4,13-14H2,1-2H3,(H,24,29)(H,25,30)/b5-3+,12-7+. The van der Waals surface area contributed by atoms with Gasteiger partial charge in [-0.05, 0) is 19.4 Å². The molecule has 0 aliphatic rings. The first-order chi connectivity index (χ1) is 15.5. The highest BCUT2D eigenvalue weighted by Gasteiger charge is 2.19. The van der Waals surface area contributed by atoms with Crippen molar-refractivity contribution in [1.29, 1.82) is 0 Å². The van der Waals surface area contributed by atoms with Gasteiger partial charge < -0.3 is 4.57 Å². The Hall–Kier alpha value is -4.21. The average molecular weight is 436 g/mol. The molecule has 0 bridgehead atoms. The summed E-state index contributed by atoms with van der Waals surface area (Å²) in [6.45, 7) is 3.74. The Balaban J connectivity index is 1.94. The van der Waals surface area contributed by atoms with Crippen molar-refractivity contribution in [2.45, 2.75) is 33.5 Å². The number of benzene rings is 1. The SMILES string of the molecule is C/C=C/C=C/C(=O)NNC(=O)Cn1c(=O)c2c(ncn2CC)n(Cc2ccccc2)c1=O. The summed E-state index contributed by atoms with van der Waals surface area (Å²) in [6.07, 6.45) is 7.63. The fourth-order valence-corrected chi connectivity index (χ4v) is 3.14. The van der Waals surface area contributed by atoms with Crippen molar-refractivity contribution in [3.05, 3.63) is 87.4 Å². The van der Waals surface area contributed by atoms with Gasteiger partial charge in [-0.2, -0.15) is 0 Å². The van der Waals surface area contributed by atoms with Crippen LogP contribution in [0.3, 0.4) is 0 Å². The van der Waals surface area contributed by atoms with E-state index in [1.165, 1.54) is 23.0 Å². The number of amides is 2. The maximum Gasteiger partial charge on any atom is 0.333 e. The summed E-state index contributed by atoms with van der Waals surface area (Å²) in [5.74, 6) is -1.27. The van der Waals surface area contributed by atoms with E-state index >= 15 is 0 Å². The molecule has 166 valence electrons. The van der Waals surface area contributed by atoms with E-state index < -0.39 is 29.6 Å². The molecule has 10 heteroatoms. The van der Waals surface area contributed by atoms with Gasteiger partial charge in [0.15, 0.2) is 11.2 Å². The van der Waals surface area contributed by atoms with Gasteiger partial charge in [-0.3, -0.25) is 29.8 Å². The van der Waals surface area contributed by atoms with E-state index in [0.29, 0.717) is 6.54 Å². The zero-order valence-corrected chi connectivity index (χ0v) is 17.8. The summed E-state index contributed by atoms with van der Waals surface area (Å²) < 4.78 is 3.83. The van der Waals surface area contributed by atoms with Gasteiger partial charge in [-0.25, -0.2) is 14.3 Å². The molecule has 0 unspecified atom stereocenters. The lowest BCUT2D eigenvalue weighted by molar-refractivity contribution is -0.127. The number of allylic oxidation sites excluding steroid dienone is 3. The molecule has 2 aromatic heterocycles. The molecule has 2 heterocycles. The predicted molar refractivity (Wildman–Crippen MR) is 120 cm³/mol. The van der Waals surface area contributed by atoms with E-state index in [1.54, 1.807) is 23.6 Å². The van der Waals surface area contributed by atoms with Gasteiger partial charge in [0.05, 0.1) is 12.9 Å². The topological polar surface area (TPSA) is 120 Å². The third-order valence-electron chi connectivity index (χ3n) is 4.69. The predicted octanol–water partition coefficient (Wildman–Crippen LogP) is 0.708. The van der Waals surface area contributed by atoms with Crippen molar-refractivity contribution in [3.63, 3.8) is 0 Å². The molecule has 0 radical (unpaired) electrons. The third kappa shape index (κ3) is 4.91. The molecule has 0 aliphatic heterocycles. The van der Waals surface area contributed by atoms with Crippen LogP contribution in [0.4, 0.5) is 0 Å². The first-order valence-corrected chi connectivity index (χ1v) is 10.1. The molecule has 10 nitrogen and oxygen atoms in total. The third-order valence-corrected chi connectivity index (χ3v) is 4.69. The van der Waals surface area contributed by atoms with Crippen LogP contribution < -0.4 is 22.1 Å². The van der Waals surface area contributed by atoms with Crippen LogP contribution in [0.15, 0.2) is 70.6 Å². The van der Waals surface area contributed by atoms with Crippen LogP contribution in [0.2, 0.25) is 0 Å². The lowest BCUT2D eigenvalue weighted by Crippen LogP contribution is -2.48. The number of fused-ring (bicyclic) bond motifs is 1. The number of hydrogen-bond acceptors (Lipinski definition) is 5. The lowest BCUT2D eigenvalue weighted by atomic mass is 10.2. The summed E-state index contributed by atoms with van der Waals surface area (Å²) in [4.78, 5) is 54.5. The summed E-state index contributed by atoms with van der Waals surface area (Å²) in [5.41, 5.74) is 4.46. The number of aryl methyl sites for hydroxylation is 1. The fraction of sp³-hybridized carbons (Fsp3) is 0.227. The molecule has 1 aromatic carbocycles. The van der Waals surface area contributed by atoms with Crippen molar-refractivity contribution in [1.82, 2.24) is 29.5 Å². The van der Waals surface area contributed by atoms with Gasteiger partial charge in [0, 0.05) is 12.6 Å². The number of hydrogen-bond donors (Lipinski definition) is 2. The van der Waals surface area contributed by atoms with Crippen LogP contribution in [0, 0.1) is 0 Å². The first-order valence-electron chi connectivity index (χ1n) is 10.1. The zero-order chi connectivity index (χ0) is 23.1. The molecular formula is C22H24N6O4. The second-order valence-electron chi connectivity index (χ2n) is 6.87. The number of carbonyl (C=O) groups excluding carboxylic acids is 2. The highest BCUT2D eigenvalue weighted by atomic mass is 16.2. The van der Waals surface area contributed by atoms with E-state index in [2.05, 4.69) is 15.8 Å². The quantitative estimate of drug-likeness (QED) is 0.321. The second kappa shape index (κ2) is 10.2. The Morgan fingerprint density at radius 1 is 1.06 bits per heavy atom. The molecule has 0 saturated heterocycles. The molecule has 0 aliphatic carbocycles. The minimum Gasteiger partial charge on any atom is -0.325 e. The molecule has 2 N–H and O–H groups in total. The highest BCUT2D eigenvalue weighted by Crippen LogP contribution is 2.09. The number of hydrazine groups is 1. The summed E-state index contributed by atoms with van der Waals surface area (Å²) in [6, 6.07) is 9.27. The average Bonchev–Trinajstić information content (AvgIpc) is 3.23. The first kappa shape index (κ1) is 22.5. The van der Waals surface area contributed by atoms with E-state index in [4.69, 9.17) is 0 Å². The number of imidazole rings is 1. The van der Waals surface area contributed by atoms with Gasteiger partial charge in [-0.1, -0.05) is 48.6 Å². The number of nitrogens with zero attached hydrogens (tertiary/aromatic N) is 4. The van der Waals surface area contributed by atoms with Crippen LogP contribution in [-0.4, -0.2) is 30.5 Å². The van der Waals surface area contributed by atoms with Gasteiger partial charge in [-0.15, -0.1) is 0 Å². The monoisotopic (exact) mass is 436 g/mol. The van der Waals surface area contributed by atoms with E-state index in [1.807, 2.05) is 37.3 Å². The van der Waals surface area contributed by atoms with E-state index in [0.717, 1.165) is 10.1 Å². The second-order valence-corrected chi connectivity index (χ2v) is 6.87. The molecule has 0 atom stereocenters. The Morgan fingerprint density at radius 3 is 2.50 bits per heavy atom. The molecule has 0 fully saturated rings. The minimum absolute atomic E-state index is 0.186. The van der Waals surface area contributed by atoms with Gasteiger partial charge >= 0.3 is 5.69 Å². The maximum atomic E-state index is 13.1. The Morgan fingerprint density at radius 2 is 1.81 bits per heavy atom.